The fraction of sp³-hybridized carbons (Fsp3) is 0.400. The molecule has 0 unspecified atom stereocenters. The van der Waals surface area contributed by atoms with Crippen molar-refractivity contribution in [3.8, 4) is 0 Å². The van der Waals surface area contributed by atoms with E-state index in [4.69, 9.17) is 0 Å². The highest BCUT2D eigenvalue weighted by Gasteiger charge is 2.73. The quantitative estimate of drug-likeness (QED) is 0.565. The average Bonchev–Trinajstić information content (AvgIpc) is 2.19. The second-order valence-corrected chi connectivity index (χ2v) is 4.69. The minimum Gasteiger partial charge on any atom is -0.188 e. The molecular formula is C10H7F7S. The summed E-state index contributed by atoms with van der Waals surface area (Å²) in [6.45, 7) is 1.62. The summed E-state index contributed by atoms with van der Waals surface area (Å²) >= 11 is -0.815. The zero-order valence-electron chi connectivity index (χ0n) is 8.86. The van der Waals surface area contributed by atoms with Gasteiger partial charge in [-0.15, -0.1) is 0 Å². The number of rotatable bonds is 3. The summed E-state index contributed by atoms with van der Waals surface area (Å²) in [4.78, 5) is -0.366. The average molecular weight is 292 g/mol. The fourth-order valence-electron chi connectivity index (χ4n) is 0.983. The monoisotopic (exact) mass is 292 g/mol. The van der Waals surface area contributed by atoms with Crippen molar-refractivity contribution in [2.75, 3.05) is 0 Å². The topological polar surface area (TPSA) is 0 Å². The second-order valence-electron chi connectivity index (χ2n) is 3.50. The van der Waals surface area contributed by atoms with Crippen LogP contribution in [0.3, 0.4) is 0 Å². The Kier molecular flexibility index (Phi) is 3.90. The molecule has 0 heterocycles. The van der Waals surface area contributed by atoms with Crippen molar-refractivity contribution in [3.05, 3.63) is 29.8 Å². The first-order chi connectivity index (χ1) is 7.97. The van der Waals surface area contributed by atoms with Gasteiger partial charge in [-0.25, -0.2) is 0 Å². The van der Waals surface area contributed by atoms with Gasteiger partial charge in [-0.1, -0.05) is 17.7 Å². The van der Waals surface area contributed by atoms with Gasteiger partial charge in [-0.05, 0) is 30.8 Å². The second kappa shape index (κ2) is 4.64. The molecule has 0 aliphatic rings. The molecule has 0 amide bonds. The molecule has 1 aromatic rings. The number of alkyl halides is 7. The molecule has 0 aromatic heterocycles. The van der Waals surface area contributed by atoms with E-state index in [0.717, 1.165) is 12.1 Å². The van der Waals surface area contributed by atoms with Crippen LogP contribution in [0, 0.1) is 6.92 Å². The van der Waals surface area contributed by atoms with E-state index < -0.39 is 29.1 Å². The molecule has 1 rings (SSSR count). The maximum absolute atomic E-state index is 13.0. The zero-order valence-corrected chi connectivity index (χ0v) is 9.68. The van der Waals surface area contributed by atoms with Gasteiger partial charge in [-0.2, -0.15) is 30.7 Å². The van der Waals surface area contributed by atoms with E-state index in [9.17, 15) is 30.7 Å². The van der Waals surface area contributed by atoms with Crippen molar-refractivity contribution < 1.29 is 30.7 Å². The maximum Gasteiger partial charge on any atom is 0.460 e. The largest absolute Gasteiger partial charge is 0.460 e. The minimum absolute atomic E-state index is 0.366. The van der Waals surface area contributed by atoms with Gasteiger partial charge in [0.2, 0.25) is 0 Å². The van der Waals surface area contributed by atoms with E-state index in [1.807, 2.05) is 0 Å². The highest BCUT2D eigenvalue weighted by molar-refractivity contribution is 8.00. The summed E-state index contributed by atoms with van der Waals surface area (Å²) in [6.07, 6.45) is -6.30. The number of hydrogen-bond acceptors (Lipinski definition) is 1. The standard InChI is InChI=1S/C10H7F7S/c1-6-2-4-7(5-3-6)18-10(16,17)8(11,12)9(13,14)15/h2-5H,1H3. The van der Waals surface area contributed by atoms with E-state index in [1.165, 1.54) is 12.1 Å². The molecule has 0 nitrogen and oxygen atoms in total. The molecule has 102 valence electrons. The van der Waals surface area contributed by atoms with Gasteiger partial charge in [0.05, 0.1) is 0 Å². The van der Waals surface area contributed by atoms with Crippen LogP contribution in [0.5, 0.6) is 0 Å². The van der Waals surface area contributed by atoms with Gasteiger partial charge in [0, 0.05) is 4.90 Å². The Labute approximate surface area is 102 Å². The summed E-state index contributed by atoms with van der Waals surface area (Å²) < 4.78 is 86.7. The molecule has 0 aliphatic heterocycles. The van der Waals surface area contributed by atoms with E-state index in [2.05, 4.69) is 0 Å². The Bertz CT molecular complexity index is 407. The first kappa shape index (κ1) is 15.1. The van der Waals surface area contributed by atoms with Gasteiger partial charge in [-0.3, -0.25) is 0 Å². The van der Waals surface area contributed by atoms with E-state index in [1.54, 1.807) is 6.92 Å². The third kappa shape index (κ3) is 2.90. The summed E-state index contributed by atoms with van der Waals surface area (Å²) in [5, 5.41) is -5.26. The first-order valence-corrected chi connectivity index (χ1v) is 5.37. The highest BCUT2D eigenvalue weighted by Crippen LogP contribution is 2.53. The van der Waals surface area contributed by atoms with E-state index in [-0.39, 0.29) is 4.90 Å². The number of benzene rings is 1. The van der Waals surface area contributed by atoms with Gasteiger partial charge >= 0.3 is 17.4 Å². The van der Waals surface area contributed by atoms with E-state index in [0.29, 0.717) is 5.56 Å². The normalized spacial score (nSPS) is 13.8. The number of hydrogen-bond donors (Lipinski definition) is 0. The number of thioether (sulfide) groups is 1. The Balaban J connectivity index is 2.97. The molecule has 0 N–H and O–H groups in total. The summed E-state index contributed by atoms with van der Waals surface area (Å²) in [5.74, 6) is -6.09. The maximum atomic E-state index is 13.0. The smallest absolute Gasteiger partial charge is 0.188 e. The van der Waals surface area contributed by atoms with Crippen molar-refractivity contribution >= 4 is 11.8 Å². The number of aryl methyl sites for hydroxylation is 1. The molecule has 0 radical (unpaired) electrons. The van der Waals surface area contributed by atoms with Crippen molar-refractivity contribution in [2.24, 2.45) is 0 Å². The lowest BCUT2D eigenvalue weighted by Crippen LogP contribution is -2.49. The molecule has 8 heteroatoms. The lowest BCUT2D eigenvalue weighted by molar-refractivity contribution is -0.330. The van der Waals surface area contributed by atoms with Gasteiger partial charge in [0.15, 0.2) is 0 Å². The van der Waals surface area contributed by atoms with Crippen LogP contribution in [0.2, 0.25) is 0 Å². The summed E-state index contributed by atoms with van der Waals surface area (Å²) in [5.41, 5.74) is 0.672. The first-order valence-electron chi connectivity index (χ1n) is 4.55. The molecule has 0 saturated heterocycles. The minimum atomic E-state index is -6.30. The van der Waals surface area contributed by atoms with Crippen LogP contribution < -0.4 is 0 Å². The van der Waals surface area contributed by atoms with Crippen molar-refractivity contribution in [1.82, 2.24) is 0 Å². The molecule has 0 aliphatic carbocycles. The predicted molar refractivity (Wildman–Crippen MR) is 53.0 cm³/mol. The lowest BCUT2D eigenvalue weighted by Gasteiger charge is -2.27. The van der Waals surface area contributed by atoms with Gasteiger partial charge < -0.3 is 0 Å². The van der Waals surface area contributed by atoms with Crippen LogP contribution in [0.4, 0.5) is 30.7 Å². The van der Waals surface area contributed by atoms with Crippen LogP contribution in [0.15, 0.2) is 29.2 Å². The summed E-state index contributed by atoms with van der Waals surface area (Å²) in [7, 11) is 0. The predicted octanol–water partition coefficient (Wildman–Crippen LogP) is 4.88. The third-order valence-corrected chi connectivity index (χ3v) is 3.01. The molecule has 0 fully saturated rings. The molecule has 18 heavy (non-hydrogen) atoms. The molecule has 1 aromatic carbocycles. The Hall–Kier alpha value is -0.920. The molecule has 0 bridgehead atoms. The highest BCUT2D eigenvalue weighted by atomic mass is 32.2. The SMILES string of the molecule is Cc1ccc(SC(F)(F)C(F)(F)C(F)(F)F)cc1. The van der Waals surface area contributed by atoms with Crippen LogP contribution in [-0.4, -0.2) is 17.4 Å². The van der Waals surface area contributed by atoms with Crippen LogP contribution >= 0.6 is 11.8 Å². The zero-order chi connectivity index (χ0) is 14.2. The van der Waals surface area contributed by atoms with Crippen molar-refractivity contribution in [1.29, 1.82) is 0 Å². The lowest BCUT2D eigenvalue weighted by atomic mass is 10.2. The van der Waals surface area contributed by atoms with Crippen molar-refractivity contribution in [3.63, 3.8) is 0 Å². The van der Waals surface area contributed by atoms with Crippen LogP contribution in [-0.2, 0) is 0 Å². The molecule has 0 atom stereocenters. The molecule has 0 spiro atoms. The Morgan fingerprint density at radius 3 is 1.67 bits per heavy atom. The van der Waals surface area contributed by atoms with Crippen molar-refractivity contribution in [2.45, 2.75) is 29.2 Å². The Morgan fingerprint density at radius 2 is 1.28 bits per heavy atom. The van der Waals surface area contributed by atoms with Gasteiger partial charge in [0.25, 0.3) is 0 Å². The fourth-order valence-corrected chi connectivity index (χ4v) is 1.80. The summed E-state index contributed by atoms with van der Waals surface area (Å²) in [6, 6.07) is 4.79. The molecular weight excluding hydrogens is 285 g/mol. The molecule has 0 saturated carbocycles. The van der Waals surface area contributed by atoms with Gasteiger partial charge in [0.1, 0.15) is 0 Å². The third-order valence-electron chi connectivity index (χ3n) is 1.99. The Morgan fingerprint density at radius 1 is 0.833 bits per heavy atom. The number of halogens is 7. The van der Waals surface area contributed by atoms with Crippen LogP contribution in [0.25, 0.3) is 0 Å². The van der Waals surface area contributed by atoms with E-state index >= 15 is 0 Å². The van der Waals surface area contributed by atoms with Crippen LogP contribution in [0.1, 0.15) is 5.56 Å².